The lowest BCUT2D eigenvalue weighted by atomic mass is 10.1. The Bertz CT molecular complexity index is 1050. The molecule has 0 aliphatic heterocycles. The lowest BCUT2D eigenvalue weighted by molar-refractivity contribution is -0.123. The number of carbonyl (C=O) groups is 2. The zero-order valence-corrected chi connectivity index (χ0v) is 19.4. The summed E-state index contributed by atoms with van der Waals surface area (Å²) >= 11 is 12.2. The van der Waals surface area contributed by atoms with Crippen LogP contribution in [0.5, 0.6) is 0 Å². The first-order valence-electron chi connectivity index (χ1n) is 10.2. The topological polar surface area (TPSA) is 74.6 Å². The fourth-order valence-corrected chi connectivity index (χ4v) is 3.95. The molecule has 0 fully saturated rings. The average molecular weight is 474 g/mol. The van der Waals surface area contributed by atoms with Gasteiger partial charge in [-0.2, -0.15) is 0 Å². The molecule has 8 heteroatoms. The van der Waals surface area contributed by atoms with Crippen molar-refractivity contribution in [2.75, 3.05) is 13.6 Å². The first-order valence-corrected chi connectivity index (χ1v) is 10.9. The first kappa shape index (κ1) is 23.9. The van der Waals surface area contributed by atoms with Gasteiger partial charge in [0.05, 0.1) is 25.4 Å². The van der Waals surface area contributed by atoms with Crippen LogP contribution >= 0.6 is 23.2 Å². The predicted molar refractivity (Wildman–Crippen MR) is 126 cm³/mol. The molecule has 1 atom stereocenters. The van der Waals surface area contributed by atoms with E-state index in [4.69, 9.17) is 27.6 Å². The summed E-state index contributed by atoms with van der Waals surface area (Å²) in [5.74, 6) is 0.476. The molecule has 2 N–H and O–H groups in total. The van der Waals surface area contributed by atoms with Crippen molar-refractivity contribution in [2.24, 2.45) is 0 Å². The largest absolute Gasteiger partial charge is 0.468 e. The van der Waals surface area contributed by atoms with Gasteiger partial charge in [0.15, 0.2) is 0 Å². The van der Waals surface area contributed by atoms with Crippen LogP contribution in [0.15, 0.2) is 65.3 Å². The lowest BCUT2D eigenvalue weighted by Crippen LogP contribution is -2.37. The third-order valence-electron chi connectivity index (χ3n) is 4.98. The fourth-order valence-electron chi connectivity index (χ4n) is 3.38. The summed E-state index contributed by atoms with van der Waals surface area (Å²) < 4.78 is 5.47. The molecule has 0 aliphatic rings. The van der Waals surface area contributed by atoms with E-state index < -0.39 is 0 Å². The molecule has 0 saturated carbocycles. The third kappa shape index (κ3) is 6.60. The van der Waals surface area contributed by atoms with E-state index in [0.29, 0.717) is 28.7 Å². The molecule has 0 aliphatic carbocycles. The van der Waals surface area contributed by atoms with Crippen LogP contribution < -0.4 is 10.6 Å². The summed E-state index contributed by atoms with van der Waals surface area (Å²) in [4.78, 5) is 26.5. The van der Waals surface area contributed by atoms with E-state index in [1.54, 1.807) is 37.6 Å². The zero-order valence-electron chi connectivity index (χ0n) is 17.9. The van der Waals surface area contributed by atoms with Crippen molar-refractivity contribution in [1.82, 2.24) is 15.5 Å². The van der Waals surface area contributed by atoms with E-state index in [9.17, 15) is 9.59 Å². The summed E-state index contributed by atoms with van der Waals surface area (Å²) in [5, 5.41) is 6.65. The summed E-state index contributed by atoms with van der Waals surface area (Å²) in [7, 11) is 1.60. The van der Waals surface area contributed by atoms with Crippen LogP contribution in [0.3, 0.4) is 0 Å². The van der Waals surface area contributed by atoms with Crippen molar-refractivity contribution >= 4 is 35.0 Å². The van der Waals surface area contributed by atoms with Gasteiger partial charge >= 0.3 is 0 Å². The number of nitrogens with one attached hydrogen (secondary N) is 2. The highest BCUT2D eigenvalue weighted by atomic mass is 35.5. The molecular weight excluding hydrogens is 449 g/mol. The van der Waals surface area contributed by atoms with Crippen LogP contribution in [0.2, 0.25) is 10.0 Å². The summed E-state index contributed by atoms with van der Waals surface area (Å²) in [6.07, 6.45) is 1.61. The highest BCUT2D eigenvalue weighted by Crippen LogP contribution is 2.26. The van der Waals surface area contributed by atoms with E-state index in [0.717, 1.165) is 16.9 Å². The van der Waals surface area contributed by atoms with Crippen molar-refractivity contribution < 1.29 is 14.0 Å². The number of amides is 2. The number of benzene rings is 2. The number of rotatable bonds is 9. The minimum atomic E-state index is -0.274. The van der Waals surface area contributed by atoms with Crippen molar-refractivity contribution in [1.29, 1.82) is 0 Å². The van der Waals surface area contributed by atoms with E-state index in [1.807, 2.05) is 42.2 Å². The van der Waals surface area contributed by atoms with Crippen molar-refractivity contribution in [3.8, 4) is 0 Å². The fraction of sp³-hybridized carbons (Fsp3) is 0.250. The molecule has 2 aromatic carbocycles. The van der Waals surface area contributed by atoms with Gasteiger partial charge in [-0.25, -0.2) is 0 Å². The van der Waals surface area contributed by atoms with E-state index >= 15 is 0 Å². The Morgan fingerprint density at radius 2 is 1.81 bits per heavy atom. The Morgan fingerprint density at radius 3 is 2.44 bits per heavy atom. The Labute approximate surface area is 197 Å². The lowest BCUT2D eigenvalue weighted by Gasteiger charge is -2.23. The van der Waals surface area contributed by atoms with Gasteiger partial charge in [0.2, 0.25) is 5.91 Å². The molecular formula is C24H25Cl2N3O3. The maximum absolute atomic E-state index is 12.8. The van der Waals surface area contributed by atoms with E-state index in [-0.39, 0.29) is 24.4 Å². The Morgan fingerprint density at radius 1 is 1.06 bits per heavy atom. The first-order chi connectivity index (χ1) is 15.4. The average Bonchev–Trinajstić information content (AvgIpc) is 3.26. The maximum atomic E-state index is 12.8. The minimum absolute atomic E-state index is 0.141. The smallest absolute Gasteiger partial charge is 0.251 e. The van der Waals surface area contributed by atoms with Gasteiger partial charge in [0.1, 0.15) is 5.76 Å². The van der Waals surface area contributed by atoms with Crippen LogP contribution in [0.4, 0.5) is 0 Å². The van der Waals surface area contributed by atoms with Crippen LogP contribution in [-0.2, 0) is 17.9 Å². The number of furan rings is 1. The number of hydrogen-bond acceptors (Lipinski definition) is 4. The van der Waals surface area contributed by atoms with Gasteiger partial charge in [-0.3, -0.25) is 14.5 Å². The van der Waals surface area contributed by atoms with Gasteiger partial charge in [-0.15, -0.1) is 0 Å². The molecule has 1 unspecified atom stereocenters. The van der Waals surface area contributed by atoms with Gasteiger partial charge in [-0.05, 0) is 54.4 Å². The molecule has 3 rings (SSSR count). The standard InChI is InChI=1S/C24H25Cl2N3O3/c1-16(21-10-9-19(25)12-22(21)26)28-23(30)15-29(14-20-4-3-11-32-20)13-17-5-7-18(8-6-17)24(31)27-2/h3-12,16H,13-15H2,1-2H3,(H,27,31)(H,28,30). The highest BCUT2D eigenvalue weighted by Gasteiger charge is 2.17. The van der Waals surface area contributed by atoms with Gasteiger partial charge in [0, 0.05) is 29.2 Å². The molecule has 6 nitrogen and oxygen atoms in total. The quantitative estimate of drug-likeness (QED) is 0.466. The molecule has 3 aromatic rings. The molecule has 0 radical (unpaired) electrons. The molecule has 32 heavy (non-hydrogen) atoms. The molecule has 1 aromatic heterocycles. The van der Waals surface area contributed by atoms with Gasteiger partial charge < -0.3 is 15.1 Å². The molecule has 0 saturated heterocycles. The number of nitrogens with zero attached hydrogens (tertiary/aromatic N) is 1. The maximum Gasteiger partial charge on any atom is 0.251 e. The summed E-state index contributed by atoms with van der Waals surface area (Å²) in [6, 6.07) is 15.9. The van der Waals surface area contributed by atoms with Crippen molar-refractivity contribution in [2.45, 2.75) is 26.1 Å². The molecule has 2 amide bonds. The van der Waals surface area contributed by atoms with E-state index in [1.165, 1.54) is 0 Å². The van der Waals surface area contributed by atoms with Crippen LogP contribution in [0.25, 0.3) is 0 Å². The van der Waals surface area contributed by atoms with Crippen molar-refractivity contribution in [3.63, 3.8) is 0 Å². The van der Waals surface area contributed by atoms with Crippen LogP contribution in [0.1, 0.15) is 40.2 Å². The summed E-state index contributed by atoms with van der Waals surface area (Å²) in [6.45, 7) is 3.01. The second-order valence-electron chi connectivity index (χ2n) is 7.46. The van der Waals surface area contributed by atoms with Crippen molar-refractivity contribution in [3.05, 3.63) is 93.4 Å². The number of halogens is 2. The van der Waals surface area contributed by atoms with E-state index in [2.05, 4.69) is 10.6 Å². The normalized spacial score (nSPS) is 11.9. The second kappa shape index (κ2) is 11.2. The van der Waals surface area contributed by atoms with Gasteiger partial charge in [-0.1, -0.05) is 41.4 Å². The third-order valence-corrected chi connectivity index (χ3v) is 5.55. The Kier molecular flexibility index (Phi) is 8.33. The monoisotopic (exact) mass is 473 g/mol. The number of carbonyl (C=O) groups excluding carboxylic acids is 2. The second-order valence-corrected chi connectivity index (χ2v) is 8.30. The zero-order chi connectivity index (χ0) is 23.1. The van der Waals surface area contributed by atoms with Crippen LogP contribution in [0, 0.1) is 0 Å². The highest BCUT2D eigenvalue weighted by molar-refractivity contribution is 6.35. The minimum Gasteiger partial charge on any atom is -0.468 e. The molecule has 0 bridgehead atoms. The SMILES string of the molecule is CNC(=O)c1ccc(CN(CC(=O)NC(C)c2ccc(Cl)cc2Cl)Cc2ccco2)cc1. The predicted octanol–water partition coefficient (Wildman–Crippen LogP) is 4.83. The van der Waals surface area contributed by atoms with Crippen LogP contribution in [-0.4, -0.2) is 30.3 Å². The molecule has 1 heterocycles. The molecule has 168 valence electrons. The Hall–Kier alpha value is -2.80. The van der Waals surface area contributed by atoms with Gasteiger partial charge in [0.25, 0.3) is 5.91 Å². The summed E-state index contributed by atoms with van der Waals surface area (Å²) in [5.41, 5.74) is 2.36. The Balaban J connectivity index is 1.68. The molecule has 0 spiro atoms. The number of hydrogen-bond donors (Lipinski definition) is 2.